The van der Waals surface area contributed by atoms with E-state index in [1.54, 1.807) is 6.07 Å². The summed E-state index contributed by atoms with van der Waals surface area (Å²) in [6.07, 6.45) is -2.94. The van der Waals surface area contributed by atoms with Crippen LogP contribution >= 0.6 is 0 Å². The van der Waals surface area contributed by atoms with Crippen LogP contribution in [0.3, 0.4) is 0 Å². The maximum Gasteiger partial charge on any atom is 0.573 e. The molecular weight excluding hydrogens is 444 g/mol. The largest absolute Gasteiger partial charge is 0.573 e. The highest BCUT2D eigenvalue weighted by atomic mass is 19.4. The number of ether oxygens (including phenoxy) is 1. The second kappa shape index (κ2) is 8.88. The Morgan fingerprint density at radius 1 is 1.12 bits per heavy atom. The fourth-order valence-electron chi connectivity index (χ4n) is 3.41. The molecule has 0 saturated carbocycles. The molecule has 0 spiro atoms. The Bertz CT molecular complexity index is 1190. The van der Waals surface area contributed by atoms with Gasteiger partial charge in [-0.2, -0.15) is 4.98 Å². The lowest BCUT2D eigenvalue weighted by atomic mass is 10.00. The summed E-state index contributed by atoms with van der Waals surface area (Å²) in [5.74, 6) is -0.656. The lowest BCUT2D eigenvalue weighted by Gasteiger charge is -2.29. The molecule has 2 aromatic carbocycles. The summed E-state index contributed by atoms with van der Waals surface area (Å²) in [5.41, 5.74) is 2.07. The summed E-state index contributed by atoms with van der Waals surface area (Å²) in [6.45, 7) is 2.15. The number of nitrogens with one attached hydrogen (secondary N) is 2. The number of fused-ring (bicyclic) bond motifs is 1. The number of carbonyl (C=O) groups is 1. The summed E-state index contributed by atoms with van der Waals surface area (Å²) in [7, 11) is 0. The smallest absolute Gasteiger partial charge is 0.406 e. The number of rotatable bonds is 5. The average molecular weight is 462 g/mol. The quantitative estimate of drug-likeness (QED) is 0.550. The van der Waals surface area contributed by atoms with Gasteiger partial charge in [-0.1, -0.05) is 6.07 Å². The first-order chi connectivity index (χ1) is 15.7. The van der Waals surface area contributed by atoms with E-state index in [2.05, 4.69) is 30.3 Å². The molecule has 0 atom stereocenters. The Hall–Kier alpha value is -3.96. The minimum Gasteiger partial charge on any atom is -0.406 e. The molecule has 1 aromatic heterocycles. The van der Waals surface area contributed by atoms with Gasteiger partial charge in [-0.15, -0.1) is 13.2 Å². The number of aromatic nitrogens is 3. The number of hydrogen-bond donors (Lipinski definition) is 2. The van der Waals surface area contributed by atoms with Crippen LogP contribution in [0.2, 0.25) is 0 Å². The van der Waals surface area contributed by atoms with Gasteiger partial charge >= 0.3 is 6.36 Å². The number of benzene rings is 2. The van der Waals surface area contributed by atoms with Crippen LogP contribution in [0, 0.1) is 5.82 Å². The maximum atomic E-state index is 13.8. The molecule has 0 saturated heterocycles. The standard InChI is InChI=1S/C21H18F4N6O2/c1-12(32)28-18-9-15(3-5-17(18)22)29-19-26-11-27-20(30-19)31-7-6-13-8-16(33-21(23,24)25)4-2-14(13)10-31/h2-5,8-9,11H,6-7,10H2,1H3,(H,28,32)(H,26,27,29,30). The zero-order chi connectivity index (χ0) is 23.6. The predicted molar refractivity (Wildman–Crippen MR) is 112 cm³/mol. The maximum absolute atomic E-state index is 13.8. The molecule has 0 unspecified atom stereocenters. The molecule has 4 rings (SSSR count). The van der Waals surface area contributed by atoms with Gasteiger partial charge in [0.2, 0.25) is 17.8 Å². The van der Waals surface area contributed by atoms with Gasteiger partial charge in [0.05, 0.1) is 5.69 Å². The number of amides is 1. The number of halogens is 4. The minimum absolute atomic E-state index is 0.0169. The van der Waals surface area contributed by atoms with Crippen LogP contribution in [0.1, 0.15) is 18.1 Å². The zero-order valence-electron chi connectivity index (χ0n) is 17.3. The van der Waals surface area contributed by atoms with Crippen LogP contribution < -0.4 is 20.3 Å². The molecule has 0 bridgehead atoms. The highest BCUT2D eigenvalue weighted by Crippen LogP contribution is 2.29. The van der Waals surface area contributed by atoms with Crippen molar-refractivity contribution >= 4 is 29.2 Å². The third kappa shape index (κ3) is 5.64. The molecule has 0 aliphatic carbocycles. The van der Waals surface area contributed by atoms with Crippen molar-refractivity contribution in [3.05, 3.63) is 59.7 Å². The molecule has 0 radical (unpaired) electrons. The molecule has 1 aliphatic rings. The molecule has 0 fully saturated rings. The molecule has 1 amide bonds. The number of alkyl halides is 3. The molecule has 1 aliphatic heterocycles. The van der Waals surface area contributed by atoms with Crippen molar-refractivity contribution in [2.75, 3.05) is 22.1 Å². The summed E-state index contributed by atoms with van der Waals surface area (Å²) < 4.78 is 55.2. The van der Waals surface area contributed by atoms with Crippen LogP contribution in [-0.4, -0.2) is 33.8 Å². The summed E-state index contributed by atoms with van der Waals surface area (Å²) in [4.78, 5) is 25.7. The van der Waals surface area contributed by atoms with E-state index in [0.717, 1.165) is 11.1 Å². The van der Waals surface area contributed by atoms with Gasteiger partial charge < -0.3 is 20.3 Å². The van der Waals surface area contributed by atoms with Crippen molar-refractivity contribution < 1.29 is 27.1 Å². The second-order valence-corrected chi connectivity index (χ2v) is 7.26. The molecule has 2 heterocycles. The normalized spacial score (nSPS) is 13.3. The lowest BCUT2D eigenvalue weighted by molar-refractivity contribution is -0.274. The van der Waals surface area contributed by atoms with Crippen LogP contribution in [0.15, 0.2) is 42.7 Å². The van der Waals surface area contributed by atoms with Crippen molar-refractivity contribution in [1.29, 1.82) is 0 Å². The van der Waals surface area contributed by atoms with E-state index in [-0.39, 0.29) is 17.4 Å². The van der Waals surface area contributed by atoms with Crippen molar-refractivity contribution in [2.24, 2.45) is 0 Å². The van der Waals surface area contributed by atoms with Crippen molar-refractivity contribution in [2.45, 2.75) is 26.3 Å². The summed E-state index contributed by atoms with van der Waals surface area (Å²) >= 11 is 0. The van der Waals surface area contributed by atoms with E-state index in [0.29, 0.717) is 31.1 Å². The molecule has 3 aromatic rings. The number of nitrogens with zero attached hydrogens (tertiary/aromatic N) is 4. The first kappa shape index (κ1) is 22.2. The number of hydrogen-bond acceptors (Lipinski definition) is 7. The Kier molecular flexibility index (Phi) is 5.99. The van der Waals surface area contributed by atoms with Gasteiger partial charge in [-0.25, -0.2) is 14.4 Å². The third-order valence-corrected chi connectivity index (χ3v) is 4.80. The zero-order valence-corrected chi connectivity index (χ0v) is 17.3. The molecule has 2 N–H and O–H groups in total. The molecule has 8 nitrogen and oxygen atoms in total. The lowest BCUT2D eigenvalue weighted by Crippen LogP contribution is -2.32. The second-order valence-electron chi connectivity index (χ2n) is 7.26. The number of anilines is 4. The van der Waals surface area contributed by atoms with E-state index in [4.69, 9.17) is 0 Å². The SMILES string of the molecule is CC(=O)Nc1cc(Nc2ncnc(N3CCc4cc(OC(F)(F)F)ccc4C3)n2)ccc1F. The van der Waals surface area contributed by atoms with Gasteiger partial charge in [0.25, 0.3) is 0 Å². The number of carbonyl (C=O) groups excluding carboxylic acids is 1. The average Bonchev–Trinajstić information content (AvgIpc) is 2.74. The van der Waals surface area contributed by atoms with Gasteiger partial charge in [0, 0.05) is 25.7 Å². The fraction of sp³-hybridized carbons (Fsp3) is 0.238. The fourth-order valence-corrected chi connectivity index (χ4v) is 3.41. The van der Waals surface area contributed by atoms with E-state index < -0.39 is 18.1 Å². The van der Waals surface area contributed by atoms with Gasteiger partial charge in [-0.3, -0.25) is 4.79 Å². The molecule has 12 heteroatoms. The molecular formula is C21H18F4N6O2. The van der Waals surface area contributed by atoms with E-state index in [1.807, 2.05) is 4.90 Å². The minimum atomic E-state index is -4.74. The Morgan fingerprint density at radius 3 is 2.70 bits per heavy atom. The molecule has 172 valence electrons. The first-order valence-corrected chi connectivity index (χ1v) is 9.82. The first-order valence-electron chi connectivity index (χ1n) is 9.82. The monoisotopic (exact) mass is 462 g/mol. The highest BCUT2D eigenvalue weighted by molar-refractivity contribution is 5.89. The Balaban J connectivity index is 1.48. The third-order valence-electron chi connectivity index (χ3n) is 4.80. The summed E-state index contributed by atoms with van der Waals surface area (Å²) in [5, 5.41) is 5.34. The van der Waals surface area contributed by atoms with Crippen LogP contribution in [0.25, 0.3) is 0 Å². The van der Waals surface area contributed by atoms with Crippen molar-refractivity contribution in [1.82, 2.24) is 15.0 Å². The van der Waals surface area contributed by atoms with Gasteiger partial charge in [0.15, 0.2) is 0 Å². The highest BCUT2D eigenvalue weighted by Gasteiger charge is 2.31. The van der Waals surface area contributed by atoms with E-state index in [1.165, 1.54) is 43.6 Å². The van der Waals surface area contributed by atoms with Gasteiger partial charge in [-0.05, 0) is 47.9 Å². The Morgan fingerprint density at radius 2 is 1.94 bits per heavy atom. The van der Waals surface area contributed by atoms with Crippen LogP contribution in [-0.2, 0) is 17.8 Å². The predicted octanol–water partition coefficient (Wildman–Crippen LogP) is 4.17. The topological polar surface area (TPSA) is 92.3 Å². The van der Waals surface area contributed by atoms with Crippen molar-refractivity contribution in [3.63, 3.8) is 0 Å². The van der Waals surface area contributed by atoms with Crippen molar-refractivity contribution in [3.8, 4) is 5.75 Å². The van der Waals surface area contributed by atoms with Crippen LogP contribution in [0.5, 0.6) is 5.75 Å². The Labute approximate surface area is 185 Å². The van der Waals surface area contributed by atoms with E-state index in [9.17, 15) is 22.4 Å². The summed E-state index contributed by atoms with van der Waals surface area (Å²) in [6, 6.07) is 8.35. The van der Waals surface area contributed by atoms with E-state index >= 15 is 0 Å². The van der Waals surface area contributed by atoms with Gasteiger partial charge in [0.1, 0.15) is 17.9 Å². The molecule has 33 heavy (non-hydrogen) atoms. The van der Waals surface area contributed by atoms with Crippen LogP contribution in [0.4, 0.5) is 40.8 Å².